The molecule has 0 bridgehead atoms. The van der Waals surface area contributed by atoms with Gasteiger partial charge in [-0.05, 0) is 30.7 Å². The van der Waals surface area contributed by atoms with E-state index in [1.807, 2.05) is 24.3 Å². The summed E-state index contributed by atoms with van der Waals surface area (Å²) in [7, 11) is 1.60. The minimum absolute atomic E-state index is 0.197. The van der Waals surface area contributed by atoms with Gasteiger partial charge >= 0.3 is 0 Å². The second kappa shape index (κ2) is 4.79. The van der Waals surface area contributed by atoms with Crippen LogP contribution in [0.1, 0.15) is 12.5 Å². The van der Waals surface area contributed by atoms with E-state index in [4.69, 9.17) is 4.74 Å². The Hall–Kier alpha value is -2.08. The van der Waals surface area contributed by atoms with E-state index >= 15 is 0 Å². The van der Waals surface area contributed by atoms with E-state index in [2.05, 4.69) is 4.99 Å². The van der Waals surface area contributed by atoms with Crippen molar-refractivity contribution in [3.05, 3.63) is 35.5 Å². The molecule has 5 nitrogen and oxygen atoms in total. The summed E-state index contributed by atoms with van der Waals surface area (Å²) in [4.78, 5) is 29.4. The fourth-order valence-electron chi connectivity index (χ4n) is 2.02. The molecule has 2 amide bonds. The number of thioether (sulfide) groups is 1. The highest BCUT2D eigenvalue weighted by Gasteiger charge is 2.44. The molecule has 1 saturated heterocycles. The first kappa shape index (κ1) is 12.9. The molecule has 20 heavy (non-hydrogen) atoms. The molecule has 0 N–H and O–H groups in total. The zero-order valence-electron chi connectivity index (χ0n) is 11.0. The van der Waals surface area contributed by atoms with E-state index in [9.17, 15) is 9.59 Å². The predicted molar refractivity (Wildman–Crippen MR) is 77.3 cm³/mol. The number of rotatable bonds is 2. The summed E-state index contributed by atoms with van der Waals surface area (Å²) >= 11 is 1.31. The number of nitrogens with zero attached hydrogens (tertiary/aromatic N) is 2. The topological polar surface area (TPSA) is 59.0 Å². The van der Waals surface area contributed by atoms with Crippen LogP contribution in [0.25, 0.3) is 6.08 Å². The number of hydrogen-bond acceptors (Lipinski definition) is 5. The summed E-state index contributed by atoms with van der Waals surface area (Å²) in [6.07, 6.45) is 1.67. The van der Waals surface area contributed by atoms with Crippen molar-refractivity contribution >= 4 is 34.8 Å². The fraction of sp³-hybridized carbons (Fsp3) is 0.214. The van der Waals surface area contributed by atoms with Crippen molar-refractivity contribution in [3.8, 4) is 5.75 Å². The van der Waals surface area contributed by atoms with Crippen LogP contribution >= 0.6 is 11.8 Å². The summed E-state index contributed by atoms with van der Waals surface area (Å²) in [5, 5.41) is 0.243. The summed E-state index contributed by atoms with van der Waals surface area (Å²) in [5.74, 6) is 0.200. The van der Waals surface area contributed by atoms with Gasteiger partial charge in [0.2, 0.25) is 5.91 Å². The van der Waals surface area contributed by atoms with E-state index in [-0.39, 0.29) is 22.8 Å². The Morgan fingerprint density at radius 3 is 2.60 bits per heavy atom. The number of ether oxygens (including phenoxy) is 1. The smallest absolute Gasteiger partial charge is 0.285 e. The Labute approximate surface area is 120 Å². The molecular weight excluding hydrogens is 276 g/mol. The van der Waals surface area contributed by atoms with Gasteiger partial charge in [0.25, 0.3) is 5.91 Å². The summed E-state index contributed by atoms with van der Waals surface area (Å²) in [6, 6.07) is 7.28. The van der Waals surface area contributed by atoms with Crippen LogP contribution in [0, 0.1) is 0 Å². The molecule has 6 heteroatoms. The third-order valence-corrected chi connectivity index (χ3v) is 4.14. The van der Waals surface area contributed by atoms with Crippen LogP contribution in [-0.2, 0) is 9.59 Å². The van der Waals surface area contributed by atoms with Crippen molar-refractivity contribution in [2.45, 2.75) is 12.2 Å². The van der Waals surface area contributed by atoms with Gasteiger partial charge in [-0.25, -0.2) is 9.89 Å². The number of carbonyl (C=O) groups excluding carboxylic acids is 2. The first-order chi connectivity index (χ1) is 9.60. The number of fused-ring (bicyclic) bond motifs is 1. The average molecular weight is 288 g/mol. The molecule has 0 radical (unpaired) electrons. The van der Waals surface area contributed by atoms with E-state index in [0.717, 1.165) is 16.2 Å². The molecule has 0 aromatic heterocycles. The predicted octanol–water partition coefficient (Wildman–Crippen LogP) is 1.90. The normalized spacial score (nSPS) is 23.3. The van der Waals surface area contributed by atoms with E-state index in [0.29, 0.717) is 5.17 Å². The van der Waals surface area contributed by atoms with E-state index < -0.39 is 0 Å². The molecule has 1 unspecified atom stereocenters. The molecule has 1 aromatic rings. The van der Waals surface area contributed by atoms with Crippen LogP contribution in [0.5, 0.6) is 5.75 Å². The maximum Gasteiger partial charge on any atom is 0.285 e. The summed E-state index contributed by atoms with van der Waals surface area (Å²) in [6.45, 7) is 1.77. The number of aliphatic imine (C=N–C) groups is 1. The number of hydrogen-bond donors (Lipinski definition) is 0. The van der Waals surface area contributed by atoms with Crippen LogP contribution in [0.2, 0.25) is 0 Å². The lowest BCUT2D eigenvalue weighted by atomic mass is 10.2. The minimum Gasteiger partial charge on any atom is -0.497 e. The molecule has 0 saturated carbocycles. The first-order valence-electron chi connectivity index (χ1n) is 6.09. The highest BCUT2D eigenvalue weighted by Crippen LogP contribution is 2.33. The van der Waals surface area contributed by atoms with Gasteiger partial charge in [-0.1, -0.05) is 23.9 Å². The lowest BCUT2D eigenvalue weighted by molar-refractivity contribution is -0.135. The number of amidine groups is 1. The molecule has 2 aliphatic rings. The lowest BCUT2D eigenvalue weighted by Crippen LogP contribution is -2.33. The van der Waals surface area contributed by atoms with Crippen molar-refractivity contribution in [2.24, 2.45) is 4.99 Å². The Bertz CT molecular complexity index is 649. The van der Waals surface area contributed by atoms with Gasteiger partial charge < -0.3 is 4.74 Å². The molecule has 2 heterocycles. The van der Waals surface area contributed by atoms with Crippen molar-refractivity contribution in [3.63, 3.8) is 0 Å². The maximum atomic E-state index is 12.2. The molecule has 1 atom stereocenters. The number of benzene rings is 1. The molecule has 3 rings (SSSR count). The van der Waals surface area contributed by atoms with Crippen LogP contribution in [0.15, 0.2) is 35.0 Å². The third kappa shape index (κ3) is 2.02. The Morgan fingerprint density at radius 2 is 2.00 bits per heavy atom. The van der Waals surface area contributed by atoms with Gasteiger partial charge in [0, 0.05) is 0 Å². The van der Waals surface area contributed by atoms with Gasteiger partial charge in [-0.3, -0.25) is 9.59 Å². The molecule has 2 aliphatic heterocycles. The number of carbonyl (C=O) groups is 2. The van der Waals surface area contributed by atoms with Gasteiger partial charge in [0.05, 0.1) is 12.4 Å². The fourth-order valence-corrected chi connectivity index (χ4v) is 2.97. The van der Waals surface area contributed by atoms with Gasteiger partial charge in [0.1, 0.15) is 11.4 Å². The summed E-state index contributed by atoms with van der Waals surface area (Å²) < 4.78 is 5.08. The second-order valence-corrected chi connectivity index (χ2v) is 5.74. The Morgan fingerprint density at radius 1 is 1.30 bits per heavy atom. The van der Waals surface area contributed by atoms with Crippen LogP contribution in [0.4, 0.5) is 0 Å². The highest BCUT2D eigenvalue weighted by molar-refractivity contribution is 8.15. The van der Waals surface area contributed by atoms with Crippen LogP contribution < -0.4 is 4.74 Å². The average Bonchev–Trinajstić information content (AvgIpc) is 2.89. The van der Waals surface area contributed by atoms with Crippen LogP contribution in [0.3, 0.4) is 0 Å². The van der Waals surface area contributed by atoms with Crippen LogP contribution in [-0.4, -0.2) is 34.2 Å². The zero-order chi connectivity index (χ0) is 14.3. The van der Waals surface area contributed by atoms with Crippen molar-refractivity contribution < 1.29 is 14.3 Å². The Balaban J connectivity index is 1.90. The first-order valence-corrected chi connectivity index (χ1v) is 6.97. The quantitative estimate of drug-likeness (QED) is 0.616. The monoisotopic (exact) mass is 288 g/mol. The second-order valence-electron chi connectivity index (χ2n) is 4.44. The third-order valence-electron chi connectivity index (χ3n) is 3.10. The molecular formula is C14H12N2O3S. The minimum atomic E-state index is -0.349. The SMILES string of the molecule is COc1ccc(/C=C2\N=C3SC(C)C(=O)N3C2=O)cc1. The standard InChI is InChI=1S/C14H12N2O3S/c1-8-12(17)16-13(18)11(15-14(16)20-8)7-9-3-5-10(19-2)6-4-9/h3-8H,1-2H3/b11-7-. The molecule has 0 aliphatic carbocycles. The summed E-state index contributed by atoms with van der Waals surface area (Å²) in [5.41, 5.74) is 1.13. The Kier molecular flexibility index (Phi) is 3.10. The van der Waals surface area contributed by atoms with Gasteiger partial charge in [-0.15, -0.1) is 0 Å². The van der Waals surface area contributed by atoms with Crippen molar-refractivity contribution in [1.29, 1.82) is 0 Å². The molecule has 1 fully saturated rings. The number of amides is 2. The van der Waals surface area contributed by atoms with E-state index in [1.54, 1.807) is 20.1 Å². The molecule has 0 spiro atoms. The number of imide groups is 1. The van der Waals surface area contributed by atoms with Crippen molar-refractivity contribution in [1.82, 2.24) is 4.90 Å². The van der Waals surface area contributed by atoms with Gasteiger partial charge in [-0.2, -0.15) is 0 Å². The maximum absolute atomic E-state index is 12.2. The lowest BCUT2D eigenvalue weighted by Gasteiger charge is -2.06. The molecule has 102 valence electrons. The largest absolute Gasteiger partial charge is 0.497 e. The van der Waals surface area contributed by atoms with Crippen molar-refractivity contribution in [2.75, 3.05) is 7.11 Å². The zero-order valence-corrected chi connectivity index (χ0v) is 11.8. The van der Waals surface area contributed by atoms with E-state index in [1.165, 1.54) is 11.8 Å². The highest BCUT2D eigenvalue weighted by atomic mass is 32.2. The number of methoxy groups -OCH3 is 1. The molecule has 1 aromatic carbocycles. The van der Waals surface area contributed by atoms with Gasteiger partial charge in [0.15, 0.2) is 5.17 Å².